The minimum absolute atomic E-state index is 0.675. The van der Waals surface area contributed by atoms with Gasteiger partial charge in [0.15, 0.2) is 0 Å². The standard InChI is InChI=1S/C16H32N2/c1-5-15-6-9-18(11-14(4)10-17-15)12-16(7-8-16)13(2)3/h13-15,17H,5-12H2,1-4H3. The smallest absolute Gasteiger partial charge is 0.00767 e. The van der Waals surface area contributed by atoms with E-state index in [1.807, 2.05) is 0 Å². The Bertz CT molecular complexity index is 258. The summed E-state index contributed by atoms with van der Waals surface area (Å²) in [6.45, 7) is 14.7. The van der Waals surface area contributed by atoms with Crippen molar-refractivity contribution in [3.8, 4) is 0 Å². The molecule has 2 nitrogen and oxygen atoms in total. The molecule has 2 heteroatoms. The highest BCUT2D eigenvalue weighted by Gasteiger charge is 2.46. The summed E-state index contributed by atoms with van der Waals surface area (Å²) in [5.41, 5.74) is 0.675. The molecule has 0 aromatic carbocycles. The van der Waals surface area contributed by atoms with E-state index in [4.69, 9.17) is 0 Å². The van der Waals surface area contributed by atoms with Gasteiger partial charge < -0.3 is 10.2 Å². The Hall–Kier alpha value is -0.0800. The van der Waals surface area contributed by atoms with Crippen molar-refractivity contribution in [1.82, 2.24) is 10.2 Å². The third kappa shape index (κ3) is 3.48. The van der Waals surface area contributed by atoms with Crippen LogP contribution in [-0.2, 0) is 0 Å². The first-order valence-electron chi connectivity index (χ1n) is 8.01. The summed E-state index contributed by atoms with van der Waals surface area (Å²) in [5.74, 6) is 1.65. The van der Waals surface area contributed by atoms with Crippen molar-refractivity contribution in [2.24, 2.45) is 17.3 Å². The first-order valence-corrected chi connectivity index (χ1v) is 8.01. The van der Waals surface area contributed by atoms with Gasteiger partial charge in [0.2, 0.25) is 0 Å². The lowest BCUT2D eigenvalue weighted by Gasteiger charge is -2.35. The van der Waals surface area contributed by atoms with E-state index in [0.717, 1.165) is 17.9 Å². The molecule has 0 radical (unpaired) electrons. The molecule has 1 saturated carbocycles. The molecule has 0 amide bonds. The average Bonchev–Trinajstić information content (AvgIpc) is 3.07. The van der Waals surface area contributed by atoms with E-state index in [9.17, 15) is 0 Å². The molecule has 2 rings (SSSR count). The SMILES string of the molecule is CCC1CCN(CC2(C(C)C)CC2)CC(C)CN1. The maximum atomic E-state index is 3.72. The highest BCUT2D eigenvalue weighted by atomic mass is 15.2. The molecule has 0 spiro atoms. The normalized spacial score (nSPS) is 33.2. The number of rotatable bonds is 4. The lowest BCUT2D eigenvalue weighted by atomic mass is 9.91. The molecule has 1 heterocycles. The summed E-state index contributed by atoms with van der Waals surface area (Å²) < 4.78 is 0. The zero-order valence-corrected chi connectivity index (χ0v) is 12.8. The van der Waals surface area contributed by atoms with Crippen LogP contribution in [0, 0.1) is 17.3 Å². The first-order chi connectivity index (χ1) is 8.55. The van der Waals surface area contributed by atoms with Crippen LogP contribution in [0.1, 0.15) is 53.4 Å². The molecule has 2 atom stereocenters. The number of nitrogens with one attached hydrogen (secondary N) is 1. The van der Waals surface area contributed by atoms with Gasteiger partial charge in [0.05, 0.1) is 0 Å². The van der Waals surface area contributed by atoms with Crippen molar-refractivity contribution in [2.45, 2.75) is 59.4 Å². The first kappa shape index (κ1) is 14.3. The van der Waals surface area contributed by atoms with E-state index in [2.05, 4.69) is 37.9 Å². The zero-order valence-electron chi connectivity index (χ0n) is 12.8. The number of hydrogen-bond donors (Lipinski definition) is 1. The van der Waals surface area contributed by atoms with Crippen LogP contribution in [-0.4, -0.2) is 37.1 Å². The zero-order chi connectivity index (χ0) is 13.2. The third-order valence-electron chi connectivity index (χ3n) is 5.27. The van der Waals surface area contributed by atoms with Gasteiger partial charge in [-0.3, -0.25) is 0 Å². The largest absolute Gasteiger partial charge is 0.314 e. The molecule has 2 unspecified atom stereocenters. The van der Waals surface area contributed by atoms with Crippen molar-refractivity contribution in [1.29, 1.82) is 0 Å². The molecule has 0 bridgehead atoms. The lowest BCUT2D eigenvalue weighted by Crippen LogP contribution is -2.45. The van der Waals surface area contributed by atoms with Crippen LogP contribution in [0.5, 0.6) is 0 Å². The van der Waals surface area contributed by atoms with Crippen LogP contribution >= 0.6 is 0 Å². The lowest BCUT2D eigenvalue weighted by molar-refractivity contribution is 0.145. The van der Waals surface area contributed by atoms with Crippen molar-refractivity contribution in [3.05, 3.63) is 0 Å². The van der Waals surface area contributed by atoms with Gasteiger partial charge in [-0.15, -0.1) is 0 Å². The summed E-state index contributed by atoms with van der Waals surface area (Å²) in [6.07, 6.45) is 5.53. The van der Waals surface area contributed by atoms with Gasteiger partial charge in [0.1, 0.15) is 0 Å². The molecule has 1 aliphatic carbocycles. The van der Waals surface area contributed by atoms with Crippen LogP contribution in [0.3, 0.4) is 0 Å². The molecule has 0 aromatic rings. The number of hydrogen-bond acceptors (Lipinski definition) is 2. The maximum Gasteiger partial charge on any atom is 0.00767 e. The molecule has 106 valence electrons. The predicted octanol–water partition coefficient (Wildman–Crippen LogP) is 3.13. The molecule has 2 fully saturated rings. The highest BCUT2D eigenvalue weighted by Crippen LogP contribution is 2.52. The summed E-state index contributed by atoms with van der Waals surface area (Å²) in [5, 5.41) is 3.72. The van der Waals surface area contributed by atoms with E-state index >= 15 is 0 Å². The summed E-state index contributed by atoms with van der Waals surface area (Å²) in [4.78, 5) is 2.77. The Balaban J connectivity index is 1.90. The Labute approximate surface area is 114 Å². The summed E-state index contributed by atoms with van der Waals surface area (Å²) in [7, 11) is 0. The second kappa shape index (κ2) is 5.92. The second-order valence-corrected chi connectivity index (χ2v) is 7.16. The van der Waals surface area contributed by atoms with Crippen LogP contribution in [0.2, 0.25) is 0 Å². The van der Waals surface area contributed by atoms with Crippen LogP contribution in [0.4, 0.5) is 0 Å². The summed E-state index contributed by atoms with van der Waals surface area (Å²) >= 11 is 0. The topological polar surface area (TPSA) is 15.3 Å². The molecule has 1 aliphatic heterocycles. The van der Waals surface area contributed by atoms with E-state index in [1.165, 1.54) is 51.9 Å². The Kier molecular flexibility index (Phi) is 4.71. The quantitative estimate of drug-likeness (QED) is 0.827. The van der Waals surface area contributed by atoms with Crippen molar-refractivity contribution in [2.75, 3.05) is 26.2 Å². The van der Waals surface area contributed by atoms with Crippen molar-refractivity contribution < 1.29 is 0 Å². The van der Waals surface area contributed by atoms with Gasteiger partial charge in [0, 0.05) is 19.1 Å². The fraction of sp³-hybridized carbons (Fsp3) is 1.00. The fourth-order valence-electron chi connectivity index (χ4n) is 3.42. The minimum atomic E-state index is 0.675. The van der Waals surface area contributed by atoms with Gasteiger partial charge >= 0.3 is 0 Å². The van der Waals surface area contributed by atoms with Crippen molar-refractivity contribution in [3.63, 3.8) is 0 Å². The number of nitrogens with zero attached hydrogens (tertiary/aromatic N) is 1. The van der Waals surface area contributed by atoms with Crippen LogP contribution in [0.15, 0.2) is 0 Å². The van der Waals surface area contributed by atoms with E-state index < -0.39 is 0 Å². The molecule has 1 N–H and O–H groups in total. The maximum absolute atomic E-state index is 3.72. The van der Waals surface area contributed by atoms with E-state index in [0.29, 0.717) is 5.41 Å². The van der Waals surface area contributed by atoms with Crippen molar-refractivity contribution >= 4 is 0 Å². The average molecular weight is 252 g/mol. The van der Waals surface area contributed by atoms with Gasteiger partial charge in [-0.2, -0.15) is 0 Å². The Morgan fingerprint density at radius 3 is 2.61 bits per heavy atom. The molecular weight excluding hydrogens is 220 g/mol. The van der Waals surface area contributed by atoms with Crippen LogP contribution < -0.4 is 5.32 Å². The Morgan fingerprint density at radius 1 is 1.33 bits per heavy atom. The van der Waals surface area contributed by atoms with Crippen LogP contribution in [0.25, 0.3) is 0 Å². The van der Waals surface area contributed by atoms with Gasteiger partial charge in [0.25, 0.3) is 0 Å². The third-order valence-corrected chi connectivity index (χ3v) is 5.27. The molecule has 0 aromatic heterocycles. The monoisotopic (exact) mass is 252 g/mol. The molecule has 2 aliphatic rings. The highest BCUT2D eigenvalue weighted by molar-refractivity contribution is 4.98. The van der Waals surface area contributed by atoms with E-state index in [-0.39, 0.29) is 0 Å². The summed E-state index contributed by atoms with van der Waals surface area (Å²) in [6, 6.07) is 0.740. The molecule has 1 saturated heterocycles. The minimum Gasteiger partial charge on any atom is -0.314 e. The van der Waals surface area contributed by atoms with Gasteiger partial charge in [-0.05, 0) is 56.0 Å². The van der Waals surface area contributed by atoms with E-state index in [1.54, 1.807) is 0 Å². The Morgan fingerprint density at radius 2 is 2.06 bits per heavy atom. The fourth-order valence-corrected chi connectivity index (χ4v) is 3.42. The molecule has 18 heavy (non-hydrogen) atoms. The molecular formula is C16H32N2. The van der Waals surface area contributed by atoms with Gasteiger partial charge in [-0.1, -0.05) is 27.7 Å². The predicted molar refractivity (Wildman–Crippen MR) is 78.8 cm³/mol. The van der Waals surface area contributed by atoms with Gasteiger partial charge in [-0.25, -0.2) is 0 Å². The second-order valence-electron chi connectivity index (χ2n) is 7.16.